The smallest absolute Gasteiger partial charge is 0.0600 e. The van der Waals surface area contributed by atoms with Crippen molar-refractivity contribution in [1.82, 2.24) is 10.3 Å². The second-order valence-corrected chi connectivity index (χ2v) is 7.24. The van der Waals surface area contributed by atoms with Gasteiger partial charge in [-0.15, -0.1) is 0 Å². The molecule has 1 unspecified atom stereocenters. The Bertz CT molecular complexity index is 434. The SMILES string of the molecule is CCCC1CCCCN1c1cnccc1CNC(C)(C)C. The molecule has 0 spiro atoms. The van der Waals surface area contributed by atoms with Gasteiger partial charge in [0, 0.05) is 30.9 Å². The first-order chi connectivity index (χ1) is 10.0. The molecule has 1 atom stereocenters. The molecule has 1 aliphatic rings. The van der Waals surface area contributed by atoms with E-state index < -0.39 is 0 Å². The number of pyridine rings is 1. The van der Waals surface area contributed by atoms with Gasteiger partial charge < -0.3 is 10.2 Å². The summed E-state index contributed by atoms with van der Waals surface area (Å²) in [5.41, 5.74) is 2.86. The average molecular weight is 289 g/mol. The largest absolute Gasteiger partial charge is 0.367 e. The van der Waals surface area contributed by atoms with Gasteiger partial charge in [0.1, 0.15) is 0 Å². The Morgan fingerprint density at radius 2 is 2.14 bits per heavy atom. The standard InChI is InChI=1S/C18H31N3/c1-5-8-16-9-6-7-12-21(16)17-14-19-11-10-15(17)13-20-18(2,3)4/h10-11,14,16,20H,5-9,12-13H2,1-4H3. The number of nitrogens with zero attached hydrogens (tertiary/aromatic N) is 2. The van der Waals surface area contributed by atoms with E-state index in [1.165, 1.54) is 49.9 Å². The highest BCUT2D eigenvalue weighted by molar-refractivity contribution is 5.53. The molecule has 0 saturated carbocycles. The molecule has 0 bridgehead atoms. The zero-order valence-electron chi connectivity index (χ0n) is 14.2. The van der Waals surface area contributed by atoms with Crippen molar-refractivity contribution in [3.63, 3.8) is 0 Å². The van der Waals surface area contributed by atoms with E-state index in [1.807, 2.05) is 6.20 Å². The predicted octanol–water partition coefficient (Wildman–Crippen LogP) is 4.13. The molecule has 1 fully saturated rings. The van der Waals surface area contributed by atoms with E-state index in [0.717, 1.165) is 6.54 Å². The summed E-state index contributed by atoms with van der Waals surface area (Å²) in [6, 6.07) is 2.87. The first kappa shape index (κ1) is 16.3. The van der Waals surface area contributed by atoms with Gasteiger partial charge in [-0.25, -0.2) is 0 Å². The molecule has 0 aliphatic carbocycles. The Hall–Kier alpha value is -1.09. The molecule has 1 N–H and O–H groups in total. The van der Waals surface area contributed by atoms with Gasteiger partial charge in [-0.05, 0) is 58.1 Å². The second-order valence-electron chi connectivity index (χ2n) is 7.24. The van der Waals surface area contributed by atoms with Gasteiger partial charge >= 0.3 is 0 Å². The van der Waals surface area contributed by atoms with Crippen molar-refractivity contribution in [1.29, 1.82) is 0 Å². The number of nitrogens with one attached hydrogen (secondary N) is 1. The number of hydrogen-bond donors (Lipinski definition) is 1. The third-order valence-corrected chi connectivity index (χ3v) is 4.26. The van der Waals surface area contributed by atoms with E-state index >= 15 is 0 Å². The Labute approximate surface area is 130 Å². The maximum atomic E-state index is 4.39. The summed E-state index contributed by atoms with van der Waals surface area (Å²) in [5, 5.41) is 3.61. The van der Waals surface area contributed by atoms with Gasteiger partial charge in [-0.2, -0.15) is 0 Å². The molecule has 0 radical (unpaired) electrons. The lowest BCUT2D eigenvalue weighted by Crippen LogP contribution is -2.41. The Kier molecular flexibility index (Phi) is 5.63. The summed E-state index contributed by atoms with van der Waals surface area (Å²) in [4.78, 5) is 7.00. The maximum absolute atomic E-state index is 4.39. The van der Waals surface area contributed by atoms with E-state index in [1.54, 1.807) is 0 Å². The molecule has 118 valence electrons. The summed E-state index contributed by atoms with van der Waals surface area (Å²) in [7, 11) is 0. The van der Waals surface area contributed by atoms with Crippen LogP contribution in [0.3, 0.4) is 0 Å². The maximum Gasteiger partial charge on any atom is 0.0600 e. The van der Waals surface area contributed by atoms with Crippen LogP contribution in [-0.2, 0) is 6.54 Å². The summed E-state index contributed by atoms with van der Waals surface area (Å²) in [6.45, 7) is 11.0. The van der Waals surface area contributed by atoms with Crippen LogP contribution in [0.1, 0.15) is 65.4 Å². The summed E-state index contributed by atoms with van der Waals surface area (Å²) >= 11 is 0. The summed E-state index contributed by atoms with van der Waals surface area (Å²) in [6.07, 6.45) is 10.5. The minimum atomic E-state index is 0.144. The normalized spacial score (nSPS) is 19.8. The number of hydrogen-bond acceptors (Lipinski definition) is 3. The van der Waals surface area contributed by atoms with Gasteiger partial charge in [-0.3, -0.25) is 4.98 Å². The first-order valence-corrected chi connectivity index (χ1v) is 8.46. The van der Waals surface area contributed by atoms with Gasteiger partial charge in [0.25, 0.3) is 0 Å². The van der Waals surface area contributed by atoms with Crippen LogP contribution in [0.15, 0.2) is 18.5 Å². The average Bonchev–Trinajstić information content (AvgIpc) is 2.46. The Morgan fingerprint density at radius 3 is 2.86 bits per heavy atom. The molecule has 0 amide bonds. The van der Waals surface area contributed by atoms with Crippen LogP contribution in [0, 0.1) is 0 Å². The lowest BCUT2D eigenvalue weighted by molar-refractivity contribution is 0.417. The number of aromatic nitrogens is 1. The van der Waals surface area contributed by atoms with Crippen molar-refractivity contribution < 1.29 is 0 Å². The lowest BCUT2D eigenvalue weighted by Gasteiger charge is -2.38. The van der Waals surface area contributed by atoms with Crippen LogP contribution in [0.5, 0.6) is 0 Å². The molecule has 1 saturated heterocycles. The molecule has 0 aromatic carbocycles. The minimum absolute atomic E-state index is 0.144. The second kappa shape index (κ2) is 7.26. The zero-order valence-corrected chi connectivity index (χ0v) is 14.2. The fourth-order valence-corrected chi connectivity index (χ4v) is 3.13. The van der Waals surface area contributed by atoms with E-state index in [-0.39, 0.29) is 5.54 Å². The molecule has 2 heterocycles. The van der Waals surface area contributed by atoms with Crippen molar-refractivity contribution in [2.45, 2.75) is 77.9 Å². The molecule has 1 aromatic heterocycles. The first-order valence-electron chi connectivity index (χ1n) is 8.46. The quantitative estimate of drug-likeness (QED) is 0.883. The monoisotopic (exact) mass is 289 g/mol. The molecule has 1 aliphatic heterocycles. The van der Waals surface area contributed by atoms with Crippen LogP contribution < -0.4 is 10.2 Å². The van der Waals surface area contributed by atoms with Crippen molar-refractivity contribution in [2.24, 2.45) is 0 Å². The molecule has 1 aromatic rings. The third kappa shape index (κ3) is 4.70. The topological polar surface area (TPSA) is 28.2 Å². The highest BCUT2D eigenvalue weighted by atomic mass is 15.2. The Morgan fingerprint density at radius 1 is 1.33 bits per heavy atom. The molecule has 21 heavy (non-hydrogen) atoms. The third-order valence-electron chi connectivity index (χ3n) is 4.26. The minimum Gasteiger partial charge on any atom is -0.367 e. The zero-order chi connectivity index (χ0) is 15.3. The van der Waals surface area contributed by atoms with Gasteiger partial charge in [0.2, 0.25) is 0 Å². The van der Waals surface area contributed by atoms with Crippen LogP contribution in [-0.4, -0.2) is 23.1 Å². The van der Waals surface area contributed by atoms with Crippen molar-refractivity contribution in [2.75, 3.05) is 11.4 Å². The molecule has 3 heteroatoms. The van der Waals surface area contributed by atoms with E-state index in [0.29, 0.717) is 6.04 Å². The van der Waals surface area contributed by atoms with Crippen molar-refractivity contribution >= 4 is 5.69 Å². The number of rotatable bonds is 5. The predicted molar refractivity (Wildman–Crippen MR) is 90.7 cm³/mol. The van der Waals surface area contributed by atoms with E-state index in [2.05, 4.69) is 55.2 Å². The van der Waals surface area contributed by atoms with E-state index in [9.17, 15) is 0 Å². The van der Waals surface area contributed by atoms with Crippen molar-refractivity contribution in [3.8, 4) is 0 Å². The molecular formula is C18H31N3. The van der Waals surface area contributed by atoms with Crippen LogP contribution in [0.25, 0.3) is 0 Å². The van der Waals surface area contributed by atoms with Gasteiger partial charge in [-0.1, -0.05) is 13.3 Å². The molecular weight excluding hydrogens is 258 g/mol. The highest BCUT2D eigenvalue weighted by Gasteiger charge is 2.24. The lowest BCUT2D eigenvalue weighted by atomic mass is 9.96. The van der Waals surface area contributed by atoms with Crippen LogP contribution in [0.4, 0.5) is 5.69 Å². The molecule has 3 nitrogen and oxygen atoms in total. The van der Waals surface area contributed by atoms with Gasteiger partial charge in [0.15, 0.2) is 0 Å². The summed E-state index contributed by atoms with van der Waals surface area (Å²) in [5.74, 6) is 0. The van der Waals surface area contributed by atoms with Gasteiger partial charge in [0.05, 0.1) is 11.9 Å². The fraction of sp³-hybridized carbons (Fsp3) is 0.722. The summed E-state index contributed by atoms with van der Waals surface area (Å²) < 4.78 is 0. The van der Waals surface area contributed by atoms with Crippen molar-refractivity contribution in [3.05, 3.63) is 24.0 Å². The van der Waals surface area contributed by atoms with Crippen LogP contribution in [0.2, 0.25) is 0 Å². The van der Waals surface area contributed by atoms with E-state index in [4.69, 9.17) is 0 Å². The number of piperidine rings is 1. The molecule has 2 rings (SSSR count). The number of anilines is 1. The van der Waals surface area contributed by atoms with Crippen LogP contribution >= 0.6 is 0 Å². The fourth-order valence-electron chi connectivity index (χ4n) is 3.13. The Balaban J connectivity index is 2.17. The highest BCUT2D eigenvalue weighted by Crippen LogP contribution is 2.29.